The zero-order valence-electron chi connectivity index (χ0n) is 12.1. The summed E-state index contributed by atoms with van der Waals surface area (Å²) in [7, 11) is 1.70. The first kappa shape index (κ1) is 13.6. The van der Waals surface area contributed by atoms with Gasteiger partial charge in [-0.3, -0.25) is 0 Å². The van der Waals surface area contributed by atoms with Crippen LogP contribution in [0.5, 0.6) is 17.2 Å². The summed E-state index contributed by atoms with van der Waals surface area (Å²) < 4.78 is 17.3. The van der Waals surface area contributed by atoms with E-state index in [4.69, 9.17) is 19.9 Å². The van der Waals surface area contributed by atoms with Gasteiger partial charge in [0.25, 0.3) is 0 Å². The van der Waals surface area contributed by atoms with Gasteiger partial charge in [0, 0.05) is 23.9 Å². The molecule has 0 aromatic heterocycles. The summed E-state index contributed by atoms with van der Waals surface area (Å²) in [5.74, 6) is 2.35. The molecular weight excluding hydrogens is 254 g/mol. The Morgan fingerprint density at radius 3 is 2.60 bits per heavy atom. The fraction of sp³-hybridized carbons (Fsp3) is 0.625. The molecule has 1 aromatic carbocycles. The molecule has 0 unspecified atom stereocenters. The molecule has 1 aliphatic carbocycles. The average Bonchev–Trinajstić information content (AvgIpc) is 2.85. The number of ether oxygens (including phenoxy) is 3. The third-order valence-electron chi connectivity index (χ3n) is 4.60. The van der Waals surface area contributed by atoms with Crippen molar-refractivity contribution in [3.05, 3.63) is 17.7 Å². The van der Waals surface area contributed by atoms with E-state index in [1.165, 1.54) is 18.4 Å². The van der Waals surface area contributed by atoms with Crippen LogP contribution in [0.4, 0.5) is 0 Å². The van der Waals surface area contributed by atoms with Crippen LogP contribution in [0.3, 0.4) is 0 Å². The van der Waals surface area contributed by atoms with Gasteiger partial charge in [-0.1, -0.05) is 18.9 Å². The third-order valence-corrected chi connectivity index (χ3v) is 4.60. The van der Waals surface area contributed by atoms with Crippen molar-refractivity contribution in [3.63, 3.8) is 0 Å². The van der Waals surface area contributed by atoms with E-state index in [1.54, 1.807) is 7.11 Å². The first-order valence-electron chi connectivity index (χ1n) is 7.48. The molecule has 1 fully saturated rings. The topological polar surface area (TPSA) is 53.7 Å². The molecule has 1 aliphatic heterocycles. The van der Waals surface area contributed by atoms with Crippen LogP contribution in [0.25, 0.3) is 0 Å². The standard InChI is InChI=1S/C16H23NO3/c1-18-14-12(16(11-17)7-2-3-8-16)5-6-13-15(14)20-10-4-9-19-13/h5-6H,2-4,7-11,17H2,1H3. The summed E-state index contributed by atoms with van der Waals surface area (Å²) in [6.45, 7) is 2.02. The molecule has 2 N–H and O–H groups in total. The molecule has 1 aromatic rings. The minimum Gasteiger partial charge on any atom is -0.492 e. The third kappa shape index (κ3) is 2.12. The Balaban J connectivity index is 2.09. The Hall–Kier alpha value is -1.42. The first-order valence-corrected chi connectivity index (χ1v) is 7.48. The molecule has 0 atom stereocenters. The van der Waals surface area contributed by atoms with Gasteiger partial charge in [0.05, 0.1) is 20.3 Å². The van der Waals surface area contributed by atoms with Crippen LogP contribution in [0, 0.1) is 0 Å². The van der Waals surface area contributed by atoms with Gasteiger partial charge in [-0.25, -0.2) is 0 Å². The maximum atomic E-state index is 6.10. The number of hydrogen-bond donors (Lipinski definition) is 1. The Labute approximate surface area is 120 Å². The number of rotatable bonds is 3. The molecule has 1 saturated carbocycles. The van der Waals surface area contributed by atoms with Crippen molar-refractivity contribution in [2.45, 2.75) is 37.5 Å². The minimum atomic E-state index is 0.0377. The molecule has 0 radical (unpaired) electrons. The zero-order valence-corrected chi connectivity index (χ0v) is 12.1. The predicted octanol–water partition coefficient (Wildman–Crippen LogP) is 2.63. The number of fused-ring (bicyclic) bond motifs is 1. The number of benzene rings is 1. The van der Waals surface area contributed by atoms with E-state index in [0.717, 1.165) is 36.5 Å². The fourth-order valence-electron chi connectivity index (χ4n) is 3.47. The van der Waals surface area contributed by atoms with Gasteiger partial charge >= 0.3 is 0 Å². The van der Waals surface area contributed by atoms with Crippen molar-refractivity contribution in [3.8, 4) is 17.2 Å². The summed E-state index contributed by atoms with van der Waals surface area (Å²) in [4.78, 5) is 0. The second kappa shape index (κ2) is 5.52. The van der Waals surface area contributed by atoms with Crippen LogP contribution in [-0.4, -0.2) is 26.9 Å². The van der Waals surface area contributed by atoms with Gasteiger partial charge in [-0.05, 0) is 18.9 Å². The lowest BCUT2D eigenvalue weighted by molar-refractivity contribution is 0.286. The molecule has 110 valence electrons. The molecule has 4 nitrogen and oxygen atoms in total. The number of hydrogen-bond acceptors (Lipinski definition) is 4. The van der Waals surface area contributed by atoms with Crippen molar-refractivity contribution in [2.75, 3.05) is 26.9 Å². The maximum absolute atomic E-state index is 6.10. The van der Waals surface area contributed by atoms with Crippen molar-refractivity contribution in [1.82, 2.24) is 0 Å². The molecule has 2 aliphatic rings. The Morgan fingerprint density at radius 1 is 1.15 bits per heavy atom. The summed E-state index contributed by atoms with van der Waals surface area (Å²) in [5, 5.41) is 0. The molecule has 1 heterocycles. The highest BCUT2D eigenvalue weighted by atomic mass is 16.5. The van der Waals surface area contributed by atoms with Crippen molar-refractivity contribution in [1.29, 1.82) is 0 Å². The molecule has 20 heavy (non-hydrogen) atoms. The van der Waals surface area contributed by atoms with Gasteiger partial charge in [0.15, 0.2) is 11.5 Å². The maximum Gasteiger partial charge on any atom is 0.203 e. The predicted molar refractivity (Wildman–Crippen MR) is 77.8 cm³/mol. The fourth-order valence-corrected chi connectivity index (χ4v) is 3.47. The number of methoxy groups -OCH3 is 1. The molecular formula is C16H23NO3. The lowest BCUT2D eigenvalue weighted by Gasteiger charge is -2.30. The molecule has 3 rings (SSSR count). The molecule has 0 spiro atoms. The Bertz CT molecular complexity index is 481. The second-order valence-electron chi connectivity index (χ2n) is 5.72. The van der Waals surface area contributed by atoms with E-state index in [0.29, 0.717) is 19.8 Å². The summed E-state index contributed by atoms with van der Waals surface area (Å²) in [6.07, 6.45) is 5.61. The van der Waals surface area contributed by atoms with Crippen LogP contribution in [0.15, 0.2) is 12.1 Å². The van der Waals surface area contributed by atoms with Crippen LogP contribution in [0.1, 0.15) is 37.7 Å². The molecule has 0 amide bonds. The smallest absolute Gasteiger partial charge is 0.203 e. The lowest BCUT2D eigenvalue weighted by Crippen LogP contribution is -2.32. The highest BCUT2D eigenvalue weighted by Crippen LogP contribution is 2.50. The van der Waals surface area contributed by atoms with E-state index in [9.17, 15) is 0 Å². The highest BCUT2D eigenvalue weighted by Gasteiger charge is 2.38. The van der Waals surface area contributed by atoms with Gasteiger partial charge < -0.3 is 19.9 Å². The van der Waals surface area contributed by atoms with Gasteiger partial charge in [0.2, 0.25) is 5.75 Å². The van der Waals surface area contributed by atoms with Crippen LogP contribution in [0.2, 0.25) is 0 Å². The van der Waals surface area contributed by atoms with Crippen molar-refractivity contribution < 1.29 is 14.2 Å². The zero-order chi connectivity index (χ0) is 14.0. The summed E-state index contributed by atoms with van der Waals surface area (Å²) in [6, 6.07) is 4.12. The van der Waals surface area contributed by atoms with Gasteiger partial charge in [-0.15, -0.1) is 0 Å². The van der Waals surface area contributed by atoms with Gasteiger partial charge in [0.1, 0.15) is 0 Å². The largest absolute Gasteiger partial charge is 0.492 e. The summed E-state index contributed by atoms with van der Waals surface area (Å²) >= 11 is 0. The van der Waals surface area contributed by atoms with Crippen molar-refractivity contribution >= 4 is 0 Å². The Kier molecular flexibility index (Phi) is 3.74. The van der Waals surface area contributed by atoms with E-state index in [-0.39, 0.29) is 5.41 Å². The lowest BCUT2D eigenvalue weighted by atomic mass is 9.78. The number of nitrogens with two attached hydrogens (primary N) is 1. The van der Waals surface area contributed by atoms with E-state index in [2.05, 4.69) is 6.07 Å². The second-order valence-corrected chi connectivity index (χ2v) is 5.72. The quantitative estimate of drug-likeness (QED) is 0.922. The first-order chi connectivity index (χ1) is 9.80. The monoisotopic (exact) mass is 277 g/mol. The average molecular weight is 277 g/mol. The molecule has 0 saturated heterocycles. The summed E-state index contributed by atoms with van der Waals surface area (Å²) in [5.41, 5.74) is 7.33. The highest BCUT2D eigenvalue weighted by molar-refractivity contribution is 5.58. The van der Waals surface area contributed by atoms with E-state index in [1.807, 2.05) is 6.07 Å². The van der Waals surface area contributed by atoms with Crippen LogP contribution < -0.4 is 19.9 Å². The van der Waals surface area contributed by atoms with E-state index < -0.39 is 0 Å². The Morgan fingerprint density at radius 2 is 1.90 bits per heavy atom. The van der Waals surface area contributed by atoms with Crippen molar-refractivity contribution in [2.24, 2.45) is 5.73 Å². The SMILES string of the molecule is COc1c(C2(CN)CCCC2)ccc2c1OCCCO2. The van der Waals surface area contributed by atoms with Crippen LogP contribution in [-0.2, 0) is 5.41 Å². The molecule has 0 bridgehead atoms. The van der Waals surface area contributed by atoms with Crippen LogP contribution >= 0.6 is 0 Å². The van der Waals surface area contributed by atoms with Gasteiger partial charge in [-0.2, -0.15) is 0 Å². The van der Waals surface area contributed by atoms with E-state index >= 15 is 0 Å². The molecule has 4 heteroatoms. The normalized spacial score (nSPS) is 20.5. The minimum absolute atomic E-state index is 0.0377.